The van der Waals surface area contributed by atoms with Crippen LogP contribution in [0, 0.1) is 0 Å². The van der Waals surface area contributed by atoms with Crippen molar-refractivity contribution < 1.29 is 14.3 Å². The molecule has 25 heavy (non-hydrogen) atoms. The minimum absolute atomic E-state index is 0.189. The summed E-state index contributed by atoms with van der Waals surface area (Å²) < 4.78 is 6.18. The molecule has 7 heteroatoms. The summed E-state index contributed by atoms with van der Waals surface area (Å²) in [6, 6.07) is 11.9. The molecule has 0 aliphatic carbocycles. The molecule has 2 aromatic carbocycles. The van der Waals surface area contributed by atoms with Crippen LogP contribution < -0.4 is 10.6 Å². The van der Waals surface area contributed by atoms with Crippen LogP contribution in [0.15, 0.2) is 46.9 Å². The second kappa shape index (κ2) is 7.99. The fourth-order valence-electron chi connectivity index (χ4n) is 2.53. The maximum Gasteiger partial charge on any atom is 0.255 e. The number of carbonyl (C=O) groups is 2. The van der Waals surface area contributed by atoms with Gasteiger partial charge in [0.2, 0.25) is 0 Å². The molecule has 1 fully saturated rings. The molecule has 130 valence electrons. The number of anilines is 2. The first-order valence-corrected chi connectivity index (χ1v) is 8.99. The zero-order chi connectivity index (χ0) is 17.8. The van der Waals surface area contributed by atoms with E-state index in [0.717, 1.165) is 10.9 Å². The van der Waals surface area contributed by atoms with Crippen LogP contribution in [0.3, 0.4) is 0 Å². The van der Waals surface area contributed by atoms with Crippen LogP contribution in [-0.4, -0.2) is 24.5 Å². The number of nitrogens with one attached hydrogen (secondary N) is 2. The normalized spacial score (nSPS) is 16.5. The average molecular weight is 424 g/mol. The van der Waals surface area contributed by atoms with Crippen LogP contribution in [0.2, 0.25) is 5.02 Å². The molecule has 1 saturated heterocycles. The molecular weight excluding hydrogens is 408 g/mol. The van der Waals surface area contributed by atoms with Gasteiger partial charge < -0.3 is 15.4 Å². The van der Waals surface area contributed by atoms with Gasteiger partial charge in [-0.1, -0.05) is 33.6 Å². The first-order chi connectivity index (χ1) is 12.0. The Kier molecular flexibility index (Phi) is 5.73. The van der Waals surface area contributed by atoms with Crippen molar-refractivity contribution in [3.05, 3.63) is 57.5 Å². The maximum absolute atomic E-state index is 12.4. The number of halogens is 2. The van der Waals surface area contributed by atoms with Gasteiger partial charge in [0.25, 0.3) is 11.8 Å². The van der Waals surface area contributed by atoms with E-state index < -0.39 is 6.10 Å². The fourth-order valence-corrected chi connectivity index (χ4v) is 3.25. The largest absolute Gasteiger partial charge is 0.368 e. The predicted octanol–water partition coefficient (Wildman–Crippen LogP) is 4.47. The lowest BCUT2D eigenvalue weighted by Gasteiger charge is -2.12. The van der Waals surface area contributed by atoms with Crippen molar-refractivity contribution >= 4 is 50.7 Å². The number of hydrogen-bond donors (Lipinski definition) is 2. The monoisotopic (exact) mass is 422 g/mol. The lowest BCUT2D eigenvalue weighted by atomic mass is 10.1. The van der Waals surface area contributed by atoms with Crippen LogP contribution in [-0.2, 0) is 9.53 Å². The Bertz CT molecular complexity index is 807. The minimum atomic E-state index is -0.418. The average Bonchev–Trinajstić information content (AvgIpc) is 3.12. The third-order valence-electron chi connectivity index (χ3n) is 3.79. The molecule has 0 bridgehead atoms. The van der Waals surface area contributed by atoms with Crippen molar-refractivity contribution in [1.29, 1.82) is 0 Å². The molecule has 1 heterocycles. The Balaban J connectivity index is 1.69. The lowest BCUT2D eigenvalue weighted by molar-refractivity contribution is -0.124. The Labute approximate surface area is 158 Å². The highest BCUT2D eigenvalue weighted by atomic mass is 79.9. The highest BCUT2D eigenvalue weighted by Gasteiger charge is 2.23. The molecule has 0 saturated carbocycles. The van der Waals surface area contributed by atoms with Crippen molar-refractivity contribution in [2.45, 2.75) is 18.9 Å². The highest BCUT2D eigenvalue weighted by Crippen LogP contribution is 2.26. The molecule has 0 radical (unpaired) electrons. The van der Waals surface area contributed by atoms with Crippen molar-refractivity contribution in [2.24, 2.45) is 0 Å². The Morgan fingerprint density at radius 3 is 2.72 bits per heavy atom. The highest BCUT2D eigenvalue weighted by molar-refractivity contribution is 9.10. The van der Waals surface area contributed by atoms with Gasteiger partial charge in [-0.25, -0.2) is 0 Å². The first kappa shape index (κ1) is 17.9. The van der Waals surface area contributed by atoms with Crippen LogP contribution in [0.4, 0.5) is 11.4 Å². The van der Waals surface area contributed by atoms with E-state index in [-0.39, 0.29) is 11.8 Å². The van der Waals surface area contributed by atoms with E-state index in [4.69, 9.17) is 16.3 Å². The first-order valence-electron chi connectivity index (χ1n) is 7.82. The van der Waals surface area contributed by atoms with Crippen LogP contribution >= 0.6 is 27.5 Å². The molecule has 0 aromatic heterocycles. The smallest absolute Gasteiger partial charge is 0.255 e. The number of carbonyl (C=O) groups excluding carboxylic acids is 2. The summed E-state index contributed by atoms with van der Waals surface area (Å²) in [4.78, 5) is 24.5. The molecule has 1 unspecified atom stereocenters. The summed E-state index contributed by atoms with van der Waals surface area (Å²) >= 11 is 9.44. The number of benzene rings is 2. The second-order valence-corrected chi connectivity index (χ2v) is 6.97. The van der Waals surface area contributed by atoms with E-state index in [1.54, 1.807) is 42.5 Å². The molecular formula is C18H16BrClN2O3. The molecule has 5 nitrogen and oxygen atoms in total. The minimum Gasteiger partial charge on any atom is -0.368 e. The van der Waals surface area contributed by atoms with E-state index >= 15 is 0 Å². The van der Waals surface area contributed by atoms with Gasteiger partial charge in [-0.3, -0.25) is 9.59 Å². The summed E-state index contributed by atoms with van der Waals surface area (Å²) in [5, 5.41) is 5.98. The zero-order valence-electron chi connectivity index (χ0n) is 13.2. The number of hydrogen-bond acceptors (Lipinski definition) is 3. The Hall–Kier alpha value is -1.89. The van der Waals surface area contributed by atoms with Gasteiger partial charge in [0, 0.05) is 22.3 Å². The third kappa shape index (κ3) is 4.60. The van der Waals surface area contributed by atoms with Gasteiger partial charge in [0.15, 0.2) is 0 Å². The summed E-state index contributed by atoms with van der Waals surface area (Å²) in [5.41, 5.74) is 1.49. The van der Waals surface area contributed by atoms with E-state index in [0.29, 0.717) is 35.0 Å². The SMILES string of the molecule is O=C(Nc1ccc(Br)cc1Cl)c1cccc(NC(=O)C2CCCO2)c1. The van der Waals surface area contributed by atoms with Crippen LogP contribution in [0.25, 0.3) is 0 Å². The topological polar surface area (TPSA) is 67.4 Å². The molecule has 3 rings (SSSR count). The van der Waals surface area contributed by atoms with Gasteiger partial charge in [-0.05, 0) is 49.2 Å². The van der Waals surface area contributed by atoms with Crippen molar-refractivity contribution in [3.63, 3.8) is 0 Å². The van der Waals surface area contributed by atoms with E-state index in [1.807, 2.05) is 0 Å². The predicted molar refractivity (Wildman–Crippen MR) is 101 cm³/mol. The number of rotatable bonds is 4. The molecule has 1 aliphatic rings. The maximum atomic E-state index is 12.4. The third-order valence-corrected chi connectivity index (χ3v) is 4.60. The van der Waals surface area contributed by atoms with E-state index in [1.165, 1.54) is 0 Å². The van der Waals surface area contributed by atoms with Gasteiger partial charge in [0.1, 0.15) is 6.10 Å². The van der Waals surface area contributed by atoms with E-state index in [9.17, 15) is 9.59 Å². The lowest BCUT2D eigenvalue weighted by Crippen LogP contribution is -2.27. The summed E-state index contributed by atoms with van der Waals surface area (Å²) in [6.45, 7) is 0.606. The van der Waals surface area contributed by atoms with Gasteiger partial charge in [0.05, 0.1) is 10.7 Å². The summed E-state index contributed by atoms with van der Waals surface area (Å²) in [5.74, 6) is -0.497. The Morgan fingerprint density at radius 2 is 2.00 bits per heavy atom. The van der Waals surface area contributed by atoms with Crippen LogP contribution in [0.5, 0.6) is 0 Å². The number of amides is 2. The molecule has 2 aromatic rings. The Morgan fingerprint density at radius 1 is 1.16 bits per heavy atom. The standard InChI is InChI=1S/C18H16BrClN2O3/c19-12-6-7-15(14(20)10-12)22-17(23)11-3-1-4-13(9-11)21-18(24)16-5-2-8-25-16/h1,3-4,6-7,9-10,16H,2,5,8H2,(H,21,24)(H,22,23). The van der Waals surface area contributed by atoms with Gasteiger partial charge in [-0.2, -0.15) is 0 Å². The van der Waals surface area contributed by atoms with Crippen LogP contribution in [0.1, 0.15) is 23.2 Å². The van der Waals surface area contributed by atoms with E-state index in [2.05, 4.69) is 26.6 Å². The molecule has 0 spiro atoms. The molecule has 2 amide bonds. The van der Waals surface area contributed by atoms with Gasteiger partial charge in [-0.15, -0.1) is 0 Å². The molecule has 2 N–H and O–H groups in total. The summed E-state index contributed by atoms with van der Waals surface area (Å²) in [6.07, 6.45) is 1.18. The summed E-state index contributed by atoms with van der Waals surface area (Å²) in [7, 11) is 0. The quantitative estimate of drug-likeness (QED) is 0.762. The van der Waals surface area contributed by atoms with Crippen molar-refractivity contribution in [3.8, 4) is 0 Å². The van der Waals surface area contributed by atoms with Gasteiger partial charge >= 0.3 is 0 Å². The van der Waals surface area contributed by atoms with Crippen molar-refractivity contribution in [1.82, 2.24) is 0 Å². The van der Waals surface area contributed by atoms with Crippen molar-refractivity contribution in [2.75, 3.05) is 17.2 Å². The number of ether oxygens (including phenoxy) is 1. The molecule has 1 aliphatic heterocycles. The fraction of sp³-hybridized carbons (Fsp3) is 0.222. The molecule has 1 atom stereocenters. The zero-order valence-corrected chi connectivity index (χ0v) is 15.6. The second-order valence-electron chi connectivity index (χ2n) is 5.65.